The zero-order chi connectivity index (χ0) is 11.1. The summed E-state index contributed by atoms with van der Waals surface area (Å²) < 4.78 is 8.28. The van der Waals surface area contributed by atoms with Crippen molar-refractivity contribution in [2.24, 2.45) is 5.92 Å². The number of nitrogens with zero attached hydrogens (tertiary/aromatic N) is 3. The Labute approximate surface area is 95.6 Å². The van der Waals surface area contributed by atoms with Crippen LogP contribution in [0, 0.1) is 16.0 Å². The summed E-state index contributed by atoms with van der Waals surface area (Å²) in [6.45, 7) is 0. The minimum absolute atomic E-state index is 0.187. The van der Waals surface area contributed by atoms with Crippen molar-refractivity contribution in [1.29, 1.82) is 0 Å². The molecule has 0 bridgehead atoms. The Balaban J connectivity index is 2.18. The molecule has 1 aliphatic carbocycles. The van der Waals surface area contributed by atoms with Gasteiger partial charge in [-0.3, -0.25) is 10.1 Å². The summed E-state index contributed by atoms with van der Waals surface area (Å²) in [7, 11) is 0. The molecule has 0 saturated heterocycles. The molecule has 0 N–H and O–H groups in total. The standard InChI is InChI=1S/C10H9N3O2S/c14-13(15)9-4-3-8-10(12-16-11-8)7(9)5-6-1-2-6/h3-4,6H,1-2,5H2. The Bertz CT molecular complexity index is 562. The van der Waals surface area contributed by atoms with Gasteiger partial charge in [0.25, 0.3) is 5.69 Å². The van der Waals surface area contributed by atoms with E-state index in [1.54, 1.807) is 12.1 Å². The van der Waals surface area contributed by atoms with Gasteiger partial charge in [-0.2, -0.15) is 8.75 Å². The lowest BCUT2D eigenvalue weighted by Gasteiger charge is -2.01. The lowest BCUT2D eigenvalue weighted by Crippen LogP contribution is -1.98. The highest BCUT2D eigenvalue weighted by Gasteiger charge is 2.28. The highest BCUT2D eigenvalue weighted by atomic mass is 32.1. The predicted molar refractivity (Wildman–Crippen MR) is 60.5 cm³/mol. The van der Waals surface area contributed by atoms with E-state index in [-0.39, 0.29) is 10.6 Å². The molecule has 16 heavy (non-hydrogen) atoms. The first-order chi connectivity index (χ1) is 7.75. The maximum atomic E-state index is 10.9. The summed E-state index contributed by atoms with van der Waals surface area (Å²) in [5.74, 6) is 0.603. The summed E-state index contributed by atoms with van der Waals surface area (Å²) in [4.78, 5) is 10.6. The van der Waals surface area contributed by atoms with Gasteiger partial charge < -0.3 is 0 Å². The van der Waals surface area contributed by atoms with Crippen LogP contribution in [0.15, 0.2) is 12.1 Å². The Morgan fingerprint density at radius 2 is 2.25 bits per heavy atom. The molecule has 2 aromatic rings. The molecule has 1 heterocycles. The lowest BCUT2D eigenvalue weighted by atomic mass is 10.0. The molecule has 1 aromatic heterocycles. The SMILES string of the molecule is O=[N+]([O-])c1ccc2nsnc2c1CC1CC1. The first-order valence-electron chi connectivity index (χ1n) is 5.14. The molecule has 5 nitrogen and oxygen atoms in total. The van der Waals surface area contributed by atoms with Crippen LogP contribution in [0.4, 0.5) is 5.69 Å². The van der Waals surface area contributed by atoms with Gasteiger partial charge >= 0.3 is 0 Å². The molecule has 0 spiro atoms. The fourth-order valence-electron chi connectivity index (χ4n) is 1.88. The third-order valence-corrected chi connectivity index (χ3v) is 3.44. The van der Waals surface area contributed by atoms with Crippen LogP contribution >= 0.6 is 11.7 Å². The minimum atomic E-state index is -0.323. The first kappa shape index (κ1) is 9.65. The Morgan fingerprint density at radius 3 is 2.94 bits per heavy atom. The van der Waals surface area contributed by atoms with E-state index in [0.29, 0.717) is 11.4 Å². The number of benzene rings is 1. The van der Waals surface area contributed by atoms with Crippen molar-refractivity contribution < 1.29 is 4.92 Å². The van der Waals surface area contributed by atoms with Gasteiger partial charge in [0.2, 0.25) is 0 Å². The van der Waals surface area contributed by atoms with Gasteiger partial charge in [-0.25, -0.2) is 0 Å². The van der Waals surface area contributed by atoms with Crippen LogP contribution in [0.5, 0.6) is 0 Å². The van der Waals surface area contributed by atoms with Crippen molar-refractivity contribution >= 4 is 28.4 Å². The van der Waals surface area contributed by atoms with Crippen LogP contribution in [0.2, 0.25) is 0 Å². The monoisotopic (exact) mass is 235 g/mol. The Kier molecular flexibility index (Phi) is 2.10. The summed E-state index contributed by atoms with van der Waals surface area (Å²) in [5.41, 5.74) is 2.43. The molecule has 1 aliphatic rings. The summed E-state index contributed by atoms with van der Waals surface area (Å²) >= 11 is 1.11. The van der Waals surface area contributed by atoms with Crippen LogP contribution in [-0.4, -0.2) is 13.7 Å². The van der Waals surface area contributed by atoms with Crippen molar-refractivity contribution in [2.75, 3.05) is 0 Å². The average molecular weight is 235 g/mol. The lowest BCUT2D eigenvalue weighted by molar-refractivity contribution is -0.385. The normalized spacial score (nSPS) is 15.5. The third kappa shape index (κ3) is 1.55. The van der Waals surface area contributed by atoms with E-state index in [1.807, 2.05) is 0 Å². The molecule has 82 valence electrons. The highest BCUT2D eigenvalue weighted by Crippen LogP contribution is 2.37. The van der Waals surface area contributed by atoms with Gasteiger partial charge in [0.05, 0.1) is 22.2 Å². The molecule has 0 atom stereocenters. The number of hydrogen-bond donors (Lipinski definition) is 0. The molecule has 1 aromatic carbocycles. The van der Waals surface area contributed by atoms with Crippen LogP contribution in [0.1, 0.15) is 18.4 Å². The summed E-state index contributed by atoms with van der Waals surface area (Å²) in [5, 5.41) is 10.9. The molecule has 6 heteroatoms. The minimum Gasteiger partial charge on any atom is -0.258 e. The zero-order valence-corrected chi connectivity index (χ0v) is 9.24. The van der Waals surface area contributed by atoms with Crippen LogP contribution in [0.25, 0.3) is 11.0 Å². The summed E-state index contributed by atoms with van der Waals surface area (Å²) in [6, 6.07) is 3.22. The van der Waals surface area contributed by atoms with E-state index >= 15 is 0 Å². The molecule has 0 aliphatic heterocycles. The third-order valence-electron chi connectivity index (χ3n) is 2.89. The number of rotatable bonds is 3. The predicted octanol–water partition coefficient (Wildman–Crippen LogP) is 2.55. The summed E-state index contributed by atoms with van der Waals surface area (Å²) in [6.07, 6.45) is 3.11. The van der Waals surface area contributed by atoms with E-state index in [2.05, 4.69) is 8.75 Å². The van der Waals surface area contributed by atoms with E-state index < -0.39 is 0 Å². The quantitative estimate of drug-likeness (QED) is 0.605. The van der Waals surface area contributed by atoms with Crippen molar-refractivity contribution in [2.45, 2.75) is 19.3 Å². The molecule has 0 radical (unpaired) electrons. The molecule has 3 rings (SSSR count). The maximum absolute atomic E-state index is 10.9. The van der Waals surface area contributed by atoms with Crippen molar-refractivity contribution in [3.8, 4) is 0 Å². The second-order valence-electron chi connectivity index (χ2n) is 4.10. The van der Waals surface area contributed by atoms with E-state index in [0.717, 1.165) is 29.2 Å². The van der Waals surface area contributed by atoms with Gasteiger partial charge in [0, 0.05) is 6.07 Å². The van der Waals surface area contributed by atoms with Crippen molar-refractivity contribution in [3.63, 3.8) is 0 Å². The molecule has 1 saturated carbocycles. The van der Waals surface area contributed by atoms with Crippen LogP contribution in [0.3, 0.4) is 0 Å². The first-order valence-corrected chi connectivity index (χ1v) is 5.87. The molecular weight excluding hydrogens is 226 g/mol. The number of aromatic nitrogens is 2. The Morgan fingerprint density at radius 1 is 1.44 bits per heavy atom. The fraction of sp³-hybridized carbons (Fsp3) is 0.400. The highest BCUT2D eigenvalue weighted by molar-refractivity contribution is 7.00. The van der Waals surface area contributed by atoms with Gasteiger partial charge in [-0.05, 0) is 31.2 Å². The molecule has 0 amide bonds. The fourth-order valence-corrected chi connectivity index (χ4v) is 2.44. The maximum Gasteiger partial charge on any atom is 0.274 e. The van der Waals surface area contributed by atoms with Gasteiger partial charge in [-0.15, -0.1) is 0 Å². The Hall–Kier alpha value is -1.56. The van der Waals surface area contributed by atoms with Crippen molar-refractivity contribution in [3.05, 3.63) is 27.8 Å². The van der Waals surface area contributed by atoms with Crippen molar-refractivity contribution in [1.82, 2.24) is 8.75 Å². The van der Waals surface area contributed by atoms with Gasteiger partial charge in [0.1, 0.15) is 11.0 Å². The van der Waals surface area contributed by atoms with Gasteiger partial charge in [0.15, 0.2) is 0 Å². The second-order valence-corrected chi connectivity index (χ2v) is 4.63. The van der Waals surface area contributed by atoms with Crippen LogP contribution < -0.4 is 0 Å². The molecule has 1 fully saturated rings. The topological polar surface area (TPSA) is 68.9 Å². The van der Waals surface area contributed by atoms with Crippen LogP contribution in [-0.2, 0) is 6.42 Å². The number of fused-ring (bicyclic) bond motifs is 1. The number of nitro groups is 1. The zero-order valence-electron chi connectivity index (χ0n) is 8.42. The second kappa shape index (κ2) is 3.48. The van der Waals surface area contributed by atoms with E-state index in [4.69, 9.17) is 0 Å². The molecule has 0 unspecified atom stereocenters. The number of nitro benzene ring substituents is 1. The van der Waals surface area contributed by atoms with E-state index in [9.17, 15) is 10.1 Å². The van der Waals surface area contributed by atoms with E-state index in [1.165, 1.54) is 12.8 Å². The smallest absolute Gasteiger partial charge is 0.258 e. The largest absolute Gasteiger partial charge is 0.274 e. The molecular formula is C10H9N3O2S. The average Bonchev–Trinajstić information content (AvgIpc) is 2.94. The number of hydrogen-bond acceptors (Lipinski definition) is 5. The van der Waals surface area contributed by atoms with Gasteiger partial charge in [-0.1, -0.05) is 0 Å².